The minimum atomic E-state index is -3.78. The van der Waals surface area contributed by atoms with Crippen molar-refractivity contribution in [1.82, 2.24) is 0 Å². The van der Waals surface area contributed by atoms with Gasteiger partial charge in [-0.3, -0.25) is 19.5 Å². The number of carbonyl (C=O) groups excluding carboxylic acids is 3. The number of ketones is 3. The van der Waals surface area contributed by atoms with Crippen LogP contribution >= 0.6 is 23.2 Å². The lowest BCUT2D eigenvalue weighted by Gasteiger charge is -2.56. The highest BCUT2D eigenvalue weighted by Gasteiger charge is 2.90. The normalized spacial score (nSPS) is 42.6. The molecular formula is C12H13Cl2NO8. The number of halogens is 2. The second kappa shape index (κ2) is 5.19. The summed E-state index contributed by atoms with van der Waals surface area (Å²) in [5.41, 5.74) is -11.1. The molecular weight excluding hydrogens is 357 g/mol. The summed E-state index contributed by atoms with van der Waals surface area (Å²) in [6, 6.07) is 0. The van der Waals surface area contributed by atoms with Gasteiger partial charge in [-0.2, -0.15) is 0 Å². The third-order valence-electron chi connectivity index (χ3n) is 3.89. The summed E-state index contributed by atoms with van der Waals surface area (Å²) in [5.74, 6) is -8.25. The van der Waals surface area contributed by atoms with Crippen LogP contribution in [-0.2, 0) is 19.1 Å². The van der Waals surface area contributed by atoms with E-state index in [4.69, 9.17) is 29.8 Å². The molecule has 4 atom stereocenters. The first-order chi connectivity index (χ1) is 10.1. The monoisotopic (exact) mass is 369 g/mol. The Labute approximate surface area is 140 Å². The molecule has 0 aromatic rings. The maximum Gasteiger partial charge on any atom is 0.498 e. The van der Waals surface area contributed by atoms with Gasteiger partial charge in [-0.25, -0.2) is 16.2 Å². The SMILES string of the molecule is [C-]#[N+][C@]1(O)OC(Cl)(Cl)[C@@](O)(C(C)=O)[C@@](O)(C(C)=O)[C@]1(O)C(C)=O. The van der Waals surface area contributed by atoms with Crippen molar-refractivity contribution >= 4 is 40.6 Å². The number of rotatable bonds is 3. The molecule has 1 aliphatic rings. The zero-order chi connectivity index (χ0) is 18.6. The maximum atomic E-state index is 12.0. The molecule has 9 nitrogen and oxygen atoms in total. The van der Waals surface area contributed by atoms with Gasteiger partial charge < -0.3 is 15.3 Å². The van der Waals surface area contributed by atoms with Crippen molar-refractivity contribution in [2.24, 2.45) is 0 Å². The van der Waals surface area contributed by atoms with Crippen LogP contribution in [0.5, 0.6) is 0 Å². The van der Waals surface area contributed by atoms with Crippen molar-refractivity contribution in [3.8, 4) is 0 Å². The summed E-state index contributed by atoms with van der Waals surface area (Å²) >= 11 is 11.3. The minimum Gasteiger partial charge on any atom is -0.375 e. The van der Waals surface area contributed by atoms with Crippen LogP contribution in [-0.4, -0.2) is 65.0 Å². The van der Waals surface area contributed by atoms with Gasteiger partial charge in [0.15, 0.2) is 17.3 Å². The van der Waals surface area contributed by atoms with Gasteiger partial charge in [0.25, 0.3) is 10.1 Å². The van der Waals surface area contributed by atoms with Crippen LogP contribution in [0.4, 0.5) is 0 Å². The first-order valence-electron chi connectivity index (χ1n) is 5.99. The van der Waals surface area contributed by atoms with Gasteiger partial charge in [0.05, 0.1) is 0 Å². The van der Waals surface area contributed by atoms with E-state index in [9.17, 15) is 34.8 Å². The van der Waals surface area contributed by atoms with Crippen molar-refractivity contribution in [2.45, 2.75) is 48.0 Å². The number of ether oxygens (including phenoxy) is 1. The van der Waals surface area contributed by atoms with E-state index in [0.717, 1.165) is 0 Å². The van der Waals surface area contributed by atoms with Gasteiger partial charge in [-0.15, -0.1) is 0 Å². The predicted octanol–water partition coefficient (Wildman–Crippen LogP) is -1.33. The Kier molecular flexibility index (Phi) is 4.50. The molecule has 1 rings (SSSR count). The zero-order valence-corrected chi connectivity index (χ0v) is 13.6. The molecule has 23 heavy (non-hydrogen) atoms. The highest BCUT2D eigenvalue weighted by Crippen LogP contribution is 2.57. The van der Waals surface area contributed by atoms with Crippen molar-refractivity contribution < 1.29 is 39.5 Å². The van der Waals surface area contributed by atoms with E-state index >= 15 is 0 Å². The molecule has 0 aliphatic carbocycles. The Hall–Kier alpha value is -1.12. The van der Waals surface area contributed by atoms with Crippen LogP contribution in [0.3, 0.4) is 0 Å². The molecule has 0 bridgehead atoms. The smallest absolute Gasteiger partial charge is 0.375 e. The van der Waals surface area contributed by atoms with E-state index in [1.807, 2.05) is 0 Å². The second-order valence-electron chi connectivity index (χ2n) is 5.14. The summed E-state index contributed by atoms with van der Waals surface area (Å²) in [4.78, 5) is 38.2. The summed E-state index contributed by atoms with van der Waals surface area (Å²) < 4.78 is 1.24. The molecule has 128 valence electrons. The lowest BCUT2D eigenvalue weighted by atomic mass is 9.62. The van der Waals surface area contributed by atoms with Crippen LogP contribution in [0.25, 0.3) is 4.85 Å². The number of alkyl halides is 2. The van der Waals surface area contributed by atoms with E-state index in [0.29, 0.717) is 20.8 Å². The highest BCUT2D eigenvalue weighted by molar-refractivity contribution is 6.50. The fourth-order valence-corrected chi connectivity index (χ4v) is 3.35. The van der Waals surface area contributed by atoms with Crippen molar-refractivity contribution in [3.05, 3.63) is 11.4 Å². The van der Waals surface area contributed by atoms with E-state index in [1.54, 1.807) is 0 Å². The quantitative estimate of drug-likeness (QED) is 0.353. The van der Waals surface area contributed by atoms with Gasteiger partial charge in [0.2, 0.25) is 11.2 Å². The lowest BCUT2D eigenvalue weighted by Crippen LogP contribution is -2.89. The largest absolute Gasteiger partial charge is 0.498 e. The summed E-state index contributed by atoms with van der Waals surface area (Å²) in [5, 5.41) is 41.9. The van der Waals surface area contributed by atoms with Crippen molar-refractivity contribution in [2.75, 3.05) is 0 Å². The van der Waals surface area contributed by atoms with Crippen molar-refractivity contribution in [3.63, 3.8) is 0 Å². The molecule has 0 aromatic carbocycles. The molecule has 1 heterocycles. The van der Waals surface area contributed by atoms with E-state index < -0.39 is 44.6 Å². The third-order valence-corrected chi connectivity index (χ3v) is 4.59. The number of hydrogen-bond donors (Lipinski definition) is 4. The minimum absolute atomic E-state index is 0.585. The maximum absolute atomic E-state index is 12.0. The van der Waals surface area contributed by atoms with Crippen LogP contribution in [0.1, 0.15) is 20.8 Å². The van der Waals surface area contributed by atoms with E-state index in [-0.39, 0.29) is 0 Å². The Balaban J connectivity index is 4.10. The van der Waals surface area contributed by atoms with Crippen LogP contribution in [0, 0.1) is 6.57 Å². The third kappa shape index (κ3) is 1.94. The number of hydrogen-bond acceptors (Lipinski definition) is 8. The molecule has 1 aliphatic heterocycles. The van der Waals surface area contributed by atoms with Crippen LogP contribution in [0.2, 0.25) is 0 Å². The molecule has 0 spiro atoms. The first kappa shape index (κ1) is 19.9. The Morgan fingerprint density at radius 3 is 1.48 bits per heavy atom. The Morgan fingerprint density at radius 2 is 1.22 bits per heavy atom. The van der Waals surface area contributed by atoms with E-state index in [1.165, 1.54) is 0 Å². The Bertz CT molecular complexity index is 645. The summed E-state index contributed by atoms with van der Waals surface area (Å²) in [6.07, 6.45) is 0. The van der Waals surface area contributed by atoms with Crippen molar-refractivity contribution in [1.29, 1.82) is 0 Å². The molecule has 1 fully saturated rings. The van der Waals surface area contributed by atoms with Gasteiger partial charge >= 0.3 is 5.91 Å². The number of aliphatic hydroxyl groups is 4. The standard InChI is InChI=1S/C12H13Cl2NO8/c1-5(16)8(19)9(20,6(2)17)11(13,14)23-12(22,15-4)10(8,21)7(3)18/h19-22H,1-3H3/t8-,9+,10+,12+/m0/s1. The second-order valence-corrected chi connectivity index (χ2v) is 6.40. The highest BCUT2D eigenvalue weighted by atomic mass is 35.5. The fourth-order valence-electron chi connectivity index (χ4n) is 2.59. The molecule has 11 heteroatoms. The van der Waals surface area contributed by atoms with E-state index in [2.05, 4.69) is 9.58 Å². The average molecular weight is 370 g/mol. The molecule has 0 unspecified atom stereocenters. The molecule has 0 radical (unpaired) electrons. The topological polar surface area (TPSA) is 146 Å². The molecule has 1 saturated heterocycles. The molecule has 4 N–H and O–H groups in total. The molecule has 0 aromatic heterocycles. The van der Waals surface area contributed by atoms with Crippen LogP contribution in [0.15, 0.2) is 0 Å². The number of Topliss-reactive ketones (excluding diaryl/α,β-unsaturated/α-hetero) is 3. The molecule has 0 amide bonds. The van der Waals surface area contributed by atoms with Gasteiger partial charge in [-0.1, -0.05) is 23.2 Å². The molecule has 0 saturated carbocycles. The Morgan fingerprint density at radius 1 is 0.870 bits per heavy atom. The zero-order valence-electron chi connectivity index (χ0n) is 12.1. The first-order valence-corrected chi connectivity index (χ1v) is 6.75. The lowest BCUT2D eigenvalue weighted by molar-refractivity contribution is -0.384. The summed E-state index contributed by atoms with van der Waals surface area (Å²) in [7, 11) is 0. The van der Waals surface area contributed by atoms with Gasteiger partial charge in [0, 0.05) is 0 Å². The van der Waals surface area contributed by atoms with Gasteiger partial charge in [0.1, 0.15) is 0 Å². The fraction of sp³-hybridized carbons (Fsp3) is 0.667. The predicted molar refractivity (Wildman–Crippen MR) is 74.0 cm³/mol. The van der Waals surface area contributed by atoms with Gasteiger partial charge in [-0.05, 0) is 20.8 Å². The summed E-state index contributed by atoms with van der Waals surface area (Å²) in [6.45, 7) is 8.72. The number of carbonyl (C=O) groups is 3. The number of nitrogens with zero attached hydrogens (tertiary/aromatic N) is 1. The average Bonchev–Trinajstić information content (AvgIpc) is 2.41. The van der Waals surface area contributed by atoms with Crippen LogP contribution < -0.4 is 0 Å².